The highest BCUT2D eigenvalue weighted by Crippen LogP contribution is 2.12. The van der Waals surface area contributed by atoms with Crippen molar-refractivity contribution in [1.82, 2.24) is 10.2 Å². The van der Waals surface area contributed by atoms with E-state index in [9.17, 15) is 4.79 Å². The van der Waals surface area contributed by atoms with Gasteiger partial charge in [0, 0.05) is 16.8 Å². The first-order chi connectivity index (χ1) is 6.77. The molecule has 1 N–H and O–H groups in total. The normalized spacial score (nSPS) is 9.40. The summed E-state index contributed by atoms with van der Waals surface area (Å²) in [6, 6.07) is 6.76. The number of aromatic nitrogens is 2. The molecule has 5 heteroatoms. The molecule has 0 aliphatic carbocycles. The zero-order valence-corrected chi connectivity index (χ0v) is 9.18. The maximum atomic E-state index is 11.7. The molecule has 0 aliphatic heterocycles. The molecular formula is C10H8Cl2N2O. The topological polar surface area (TPSA) is 45.8 Å². The maximum absolute atomic E-state index is 11.7. The van der Waals surface area contributed by atoms with E-state index in [4.69, 9.17) is 11.6 Å². The summed E-state index contributed by atoms with van der Waals surface area (Å²) in [6.07, 6.45) is 3.06. The second-order valence-electron chi connectivity index (χ2n) is 2.82. The minimum absolute atomic E-state index is 0. The van der Waals surface area contributed by atoms with Gasteiger partial charge in [-0.1, -0.05) is 11.6 Å². The van der Waals surface area contributed by atoms with E-state index in [1.54, 1.807) is 30.5 Å². The highest BCUT2D eigenvalue weighted by molar-refractivity contribution is 6.30. The van der Waals surface area contributed by atoms with Crippen molar-refractivity contribution in [3.05, 3.63) is 52.8 Å². The van der Waals surface area contributed by atoms with Gasteiger partial charge in [-0.3, -0.25) is 9.89 Å². The zero-order chi connectivity index (χ0) is 9.97. The van der Waals surface area contributed by atoms with Gasteiger partial charge in [0.05, 0.1) is 11.8 Å². The third-order valence-corrected chi connectivity index (χ3v) is 2.12. The van der Waals surface area contributed by atoms with E-state index in [0.717, 1.165) is 0 Å². The summed E-state index contributed by atoms with van der Waals surface area (Å²) in [4.78, 5) is 11.7. The molecule has 78 valence electrons. The van der Waals surface area contributed by atoms with E-state index in [0.29, 0.717) is 16.1 Å². The van der Waals surface area contributed by atoms with Crippen molar-refractivity contribution in [3.63, 3.8) is 0 Å². The number of ketones is 1. The van der Waals surface area contributed by atoms with Crippen molar-refractivity contribution < 1.29 is 4.79 Å². The number of rotatable bonds is 2. The summed E-state index contributed by atoms with van der Waals surface area (Å²) in [5, 5.41) is 6.93. The number of nitrogens with zero attached hydrogens (tertiary/aromatic N) is 1. The van der Waals surface area contributed by atoms with Crippen LogP contribution in [0.2, 0.25) is 5.02 Å². The number of aromatic amines is 1. The van der Waals surface area contributed by atoms with Gasteiger partial charge in [-0.15, -0.1) is 12.4 Å². The van der Waals surface area contributed by atoms with Crippen LogP contribution in [0.25, 0.3) is 0 Å². The van der Waals surface area contributed by atoms with Crippen LogP contribution in [0.1, 0.15) is 15.9 Å². The molecule has 0 bridgehead atoms. The van der Waals surface area contributed by atoms with Gasteiger partial charge in [0.25, 0.3) is 0 Å². The number of carbonyl (C=O) groups excluding carboxylic acids is 1. The molecule has 2 rings (SSSR count). The average molecular weight is 243 g/mol. The molecule has 15 heavy (non-hydrogen) atoms. The second-order valence-corrected chi connectivity index (χ2v) is 3.26. The lowest BCUT2D eigenvalue weighted by Crippen LogP contribution is -1.98. The van der Waals surface area contributed by atoms with Gasteiger partial charge in [0.1, 0.15) is 0 Å². The smallest absolute Gasteiger partial charge is 0.196 e. The first-order valence-electron chi connectivity index (χ1n) is 4.06. The van der Waals surface area contributed by atoms with Gasteiger partial charge in [-0.2, -0.15) is 5.10 Å². The van der Waals surface area contributed by atoms with E-state index in [-0.39, 0.29) is 18.2 Å². The molecule has 0 spiro atoms. The molecule has 0 amide bonds. The van der Waals surface area contributed by atoms with E-state index in [1.807, 2.05) is 0 Å². The van der Waals surface area contributed by atoms with E-state index >= 15 is 0 Å². The fourth-order valence-electron chi connectivity index (χ4n) is 1.14. The average Bonchev–Trinajstić information content (AvgIpc) is 2.71. The van der Waals surface area contributed by atoms with Crippen LogP contribution >= 0.6 is 24.0 Å². The Morgan fingerprint density at radius 3 is 2.40 bits per heavy atom. The Bertz CT molecular complexity index is 437. The minimum Gasteiger partial charge on any atom is -0.288 e. The van der Waals surface area contributed by atoms with Crippen LogP contribution in [0.5, 0.6) is 0 Å². The summed E-state index contributed by atoms with van der Waals surface area (Å²) in [6.45, 7) is 0. The molecule has 0 fully saturated rings. The number of benzene rings is 1. The Morgan fingerprint density at radius 1 is 1.20 bits per heavy atom. The molecule has 0 radical (unpaired) electrons. The molecule has 0 unspecified atom stereocenters. The minimum atomic E-state index is -0.0598. The lowest BCUT2D eigenvalue weighted by Gasteiger charge is -1.96. The molecular weight excluding hydrogens is 235 g/mol. The molecule has 3 nitrogen and oxygen atoms in total. The molecule has 0 atom stereocenters. The second kappa shape index (κ2) is 4.96. The molecule has 0 saturated heterocycles. The molecule has 1 aromatic heterocycles. The largest absolute Gasteiger partial charge is 0.288 e. The standard InChI is InChI=1S/C10H7ClN2O.ClH/c11-9-3-1-7(2-4-9)10(14)8-5-12-13-6-8;/h1-6H,(H,12,13);1H. The number of halogens is 2. The number of carbonyl (C=O) groups is 1. The third-order valence-electron chi connectivity index (χ3n) is 1.87. The Morgan fingerprint density at radius 2 is 1.87 bits per heavy atom. The number of nitrogens with one attached hydrogen (secondary N) is 1. The van der Waals surface area contributed by atoms with Crippen molar-refractivity contribution in [2.24, 2.45) is 0 Å². The van der Waals surface area contributed by atoms with Crippen molar-refractivity contribution in [3.8, 4) is 0 Å². The fourth-order valence-corrected chi connectivity index (χ4v) is 1.27. The quantitative estimate of drug-likeness (QED) is 0.824. The summed E-state index contributed by atoms with van der Waals surface area (Å²) in [5.41, 5.74) is 1.16. The lowest BCUT2D eigenvalue weighted by molar-refractivity contribution is 0.103. The van der Waals surface area contributed by atoms with Crippen LogP contribution in [0.15, 0.2) is 36.7 Å². The van der Waals surface area contributed by atoms with Gasteiger partial charge in [-0.05, 0) is 24.3 Å². The highest BCUT2D eigenvalue weighted by atomic mass is 35.5. The fraction of sp³-hybridized carbons (Fsp3) is 0. The van der Waals surface area contributed by atoms with E-state index in [2.05, 4.69) is 10.2 Å². The third kappa shape index (κ3) is 2.58. The molecule has 2 aromatic rings. The highest BCUT2D eigenvalue weighted by Gasteiger charge is 2.08. The van der Waals surface area contributed by atoms with Crippen LogP contribution in [-0.2, 0) is 0 Å². The van der Waals surface area contributed by atoms with Gasteiger partial charge in [0.15, 0.2) is 5.78 Å². The Labute approximate surface area is 97.9 Å². The molecule has 0 aliphatic rings. The Hall–Kier alpha value is -1.32. The predicted octanol–water partition coefficient (Wildman–Crippen LogP) is 2.72. The first kappa shape index (κ1) is 11.8. The Balaban J connectivity index is 0.00000112. The van der Waals surface area contributed by atoms with Crippen molar-refractivity contribution >= 4 is 29.8 Å². The van der Waals surface area contributed by atoms with Crippen LogP contribution in [-0.4, -0.2) is 16.0 Å². The van der Waals surface area contributed by atoms with Crippen molar-refractivity contribution in [2.45, 2.75) is 0 Å². The molecule has 1 aromatic carbocycles. The van der Waals surface area contributed by atoms with Crippen LogP contribution in [0, 0.1) is 0 Å². The number of H-pyrrole nitrogens is 1. The monoisotopic (exact) mass is 242 g/mol. The van der Waals surface area contributed by atoms with Crippen molar-refractivity contribution in [2.75, 3.05) is 0 Å². The van der Waals surface area contributed by atoms with Crippen molar-refractivity contribution in [1.29, 1.82) is 0 Å². The number of hydrogen-bond donors (Lipinski definition) is 1. The van der Waals surface area contributed by atoms with Gasteiger partial charge in [0.2, 0.25) is 0 Å². The van der Waals surface area contributed by atoms with Gasteiger partial charge < -0.3 is 0 Å². The SMILES string of the molecule is Cl.O=C(c1ccc(Cl)cc1)c1cn[nH]c1. The first-order valence-corrected chi connectivity index (χ1v) is 4.44. The predicted molar refractivity (Wildman–Crippen MR) is 60.7 cm³/mol. The summed E-state index contributed by atoms with van der Waals surface area (Å²) >= 11 is 5.71. The van der Waals surface area contributed by atoms with Crippen LogP contribution < -0.4 is 0 Å². The summed E-state index contributed by atoms with van der Waals surface area (Å²) in [5.74, 6) is -0.0598. The molecule has 0 saturated carbocycles. The number of hydrogen-bond acceptors (Lipinski definition) is 2. The van der Waals surface area contributed by atoms with Crippen LogP contribution in [0.3, 0.4) is 0 Å². The van der Waals surface area contributed by atoms with E-state index in [1.165, 1.54) is 6.20 Å². The lowest BCUT2D eigenvalue weighted by atomic mass is 10.1. The maximum Gasteiger partial charge on any atom is 0.196 e. The zero-order valence-electron chi connectivity index (χ0n) is 7.61. The van der Waals surface area contributed by atoms with Gasteiger partial charge in [-0.25, -0.2) is 0 Å². The Kier molecular flexibility index (Phi) is 3.88. The van der Waals surface area contributed by atoms with E-state index < -0.39 is 0 Å². The van der Waals surface area contributed by atoms with Gasteiger partial charge >= 0.3 is 0 Å². The summed E-state index contributed by atoms with van der Waals surface area (Å²) < 4.78 is 0. The van der Waals surface area contributed by atoms with Crippen LogP contribution in [0.4, 0.5) is 0 Å². The summed E-state index contributed by atoms with van der Waals surface area (Å²) in [7, 11) is 0. The molecule has 1 heterocycles.